The lowest BCUT2D eigenvalue weighted by Gasteiger charge is -2.13. The van der Waals surface area contributed by atoms with Gasteiger partial charge < -0.3 is 9.30 Å². The van der Waals surface area contributed by atoms with Crippen LogP contribution in [0.2, 0.25) is 10.0 Å². The fourth-order valence-electron chi connectivity index (χ4n) is 2.57. The molecule has 0 aliphatic heterocycles. The Morgan fingerprint density at radius 2 is 1.74 bits per heavy atom. The number of nitro groups is 1. The lowest BCUT2D eigenvalue weighted by Crippen LogP contribution is -2.22. The molecule has 0 saturated carbocycles. The molecule has 0 bridgehead atoms. The molecule has 0 aliphatic rings. The second-order valence-corrected chi connectivity index (χ2v) is 6.69. The molecule has 0 unspecified atom stereocenters. The summed E-state index contributed by atoms with van der Waals surface area (Å²) in [6, 6.07) is 13.4. The predicted molar refractivity (Wildman–Crippen MR) is 104 cm³/mol. The van der Waals surface area contributed by atoms with Gasteiger partial charge >= 0.3 is 0 Å². The molecular formula is C19H14Cl2N2O4. The molecule has 0 amide bonds. The summed E-state index contributed by atoms with van der Waals surface area (Å²) in [5, 5.41) is 10.9. The molecule has 27 heavy (non-hydrogen) atoms. The van der Waals surface area contributed by atoms with Crippen LogP contribution in [0.3, 0.4) is 0 Å². The van der Waals surface area contributed by atoms with E-state index in [1.807, 2.05) is 30.3 Å². The van der Waals surface area contributed by atoms with Gasteiger partial charge in [0.2, 0.25) is 0 Å². The van der Waals surface area contributed by atoms with Gasteiger partial charge in [0.1, 0.15) is 5.75 Å². The Hall–Kier alpha value is -2.83. The second kappa shape index (κ2) is 7.82. The summed E-state index contributed by atoms with van der Waals surface area (Å²) in [6.45, 7) is 2.05. The van der Waals surface area contributed by atoms with Crippen molar-refractivity contribution in [2.24, 2.45) is 0 Å². The fraction of sp³-hybridized carbons (Fsp3) is 0.105. The maximum absolute atomic E-state index is 12.4. The lowest BCUT2D eigenvalue weighted by molar-refractivity contribution is -0.384. The van der Waals surface area contributed by atoms with E-state index < -0.39 is 4.92 Å². The highest BCUT2D eigenvalue weighted by Crippen LogP contribution is 2.39. The van der Waals surface area contributed by atoms with Crippen molar-refractivity contribution in [2.45, 2.75) is 13.5 Å². The Morgan fingerprint density at radius 1 is 1.11 bits per heavy atom. The molecule has 0 fully saturated rings. The van der Waals surface area contributed by atoms with E-state index >= 15 is 0 Å². The Bertz CT molecular complexity index is 1040. The third kappa shape index (κ3) is 4.30. The lowest BCUT2D eigenvalue weighted by atomic mass is 10.2. The summed E-state index contributed by atoms with van der Waals surface area (Å²) in [6.07, 6.45) is 1.55. The first-order valence-electron chi connectivity index (χ1n) is 7.91. The maximum atomic E-state index is 12.4. The quantitative estimate of drug-likeness (QED) is 0.431. The molecule has 138 valence electrons. The summed E-state index contributed by atoms with van der Waals surface area (Å²) >= 11 is 12.2. The molecular weight excluding hydrogens is 391 g/mol. The zero-order valence-electron chi connectivity index (χ0n) is 14.2. The second-order valence-electron chi connectivity index (χ2n) is 5.88. The average Bonchev–Trinajstić information content (AvgIpc) is 2.63. The van der Waals surface area contributed by atoms with E-state index in [1.165, 1.54) is 4.57 Å². The number of nitro benzene ring substituents is 1. The number of aromatic nitrogens is 1. The minimum Gasteiger partial charge on any atom is -0.453 e. The zero-order valence-corrected chi connectivity index (χ0v) is 15.7. The highest BCUT2D eigenvalue weighted by molar-refractivity contribution is 6.37. The molecule has 0 radical (unpaired) electrons. The molecule has 1 heterocycles. The van der Waals surface area contributed by atoms with E-state index in [0.29, 0.717) is 17.9 Å². The van der Waals surface area contributed by atoms with E-state index in [-0.39, 0.29) is 27.0 Å². The van der Waals surface area contributed by atoms with Crippen molar-refractivity contribution >= 4 is 28.9 Å². The minimum absolute atomic E-state index is 0.00709. The predicted octanol–water partition coefficient (Wildman–Crippen LogP) is 5.21. The molecule has 2 aromatic carbocycles. The van der Waals surface area contributed by atoms with Crippen molar-refractivity contribution in [3.05, 3.63) is 96.4 Å². The SMILES string of the molecule is Cc1cc(Oc2c(Cl)cc([N+](=O)[O-])cc2Cl)cn(Cc2ccccc2)c1=O. The van der Waals surface area contributed by atoms with Gasteiger partial charge in [-0.2, -0.15) is 0 Å². The normalized spacial score (nSPS) is 10.6. The van der Waals surface area contributed by atoms with Crippen molar-refractivity contribution < 1.29 is 9.66 Å². The molecule has 0 N–H and O–H groups in total. The molecule has 3 rings (SSSR count). The third-order valence-corrected chi connectivity index (χ3v) is 4.41. The van der Waals surface area contributed by atoms with Crippen LogP contribution in [0.1, 0.15) is 11.1 Å². The largest absolute Gasteiger partial charge is 0.453 e. The highest BCUT2D eigenvalue weighted by atomic mass is 35.5. The smallest absolute Gasteiger partial charge is 0.272 e. The molecule has 8 heteroatoms. The van der Waals surface area contributed by atoms with Crippen LogP contribution in [0.4, 0.5) is 5.69 Å². The van der Waals surface area contributed by atoms with Crippen LogP contribution in [0.15, 0.2) is 59.5 Å². The number of non-ortho nitro benzene ring substituents is 1. The van der Waals surface area contributed by atoms with Crippen LogP contribution >= 0.6 is 23.2 Å². The van der Waals surface area contributed by atoms with Crippen LogP contribution in [0, 0.1) is 17.0 Å². The zero-order chi connectivity index (χ0) is 19.6. The molecule has 6 nitrogen and oxygen atoms in total. The molecule has 1 aromatic heterocycles. The van der Waals surface area contributed by atoms with Crippen LogP contribution in [0.25, 0.3) is 0 Å². The molecule has 0 atom stereocenters. The Morgan fingerprint density at radius 3 is 2.33 bits per heavy atom. The van der Waals surface area contributed by atoms with Crippen LogP contribution in [-0.4, -0.2) is 9.49 Å². The number of rotatable bonds is 5. The standard InChI is InChI=1S/C19H14Cl2N2O4/c1-12-7-15(11-22(19(12)24)10-13-5-3-2-4-6-13)27-18-16(20)8-14(23(25)26)9-17(18)21/h2-9,11H,10H2,1H3. The monoisotopic (exact) mass is 404 g/mol. The highest BCUT2D eigenvalue weighted by Gasteiger charge is 2.17. The number of halogens is 2. The molecule has 3 aromatic rings. The van der Waals surface area contributed by atoms with Gasteiger partial charge in [0.05, 0.1) is 27.7 Å². The van der Waals surface area contributed by atoms with E-state index in [1.54, 1.807) is 19.2 Å². The van der Waals surface area contributed by atoms with Crippen molar-refractivity contribution in [1.29, 1.82) is 0 Å². The van der Waals surface area contributed by atoms with E-state index in [9.17, 15) is 14.9 Å². The number of nitrogens with zero attached hydrogens (tertiary/aromatic N) is 2. The maximum Gasteiger partial charge on any atom is 0.272 e. The molecule has 0 aliphatic carbocycles. The average molecular weight is 405 g/mol. The van der Waals surface area contributed by atoms with Gasteiger partial charge in [-0.1, -0.05) is 53.5 Å². The fourth-order valence-corrected chi connectivity index (χ4v) is 3.12. The summed E-state index contributed by atoms with van der Waals surface area (Å²) < 4.78 is 7.26. The van der Waals surface area contributed by atoms with Crippen molar-refractivity contribution in [3.8, 4) is 11.5 Å². The van der Waals surface area contributed by atoms with Crippen LogP contribution < -0.4 is 10.3 Å². The first-order chi connectivity index (χ1) is 12.8. The number of aryl methyl sites for hydroxylation is 1. The van der Waals surface area contributed by atoms with Crippen molar-refractivity contribution in [1.82, 2.24) is 4.57 Å². The number of hydrogen-bond acceptors (Lipinski definition) is 4. The van der Waals surface area contributed by atoms with Gasteiger partial charge in [-0.25, -0.2) is 0 Å². The summed E-state index contributed by atoms with van der Waals surface area (Å²) in [4.78, 5) is 22.7. The van der Waals surface area contributed by atoms with Crippen LogP contribution in [-0.2, 0) is 6.54 Å². The Balaban J connectivity index is 1.97. The minimum atomic E-state index is -0.592. The van der Waals surface area contributed by atoms with Gasteiger partial charge in [0.15, 0.2) is 5.75 Å². The molecule has 0 spiro atoms. The van der Waals surface area contributed by atoms with Gasteiger partial charge in [0, 0.05) is 17.7 Å². The van der Waals surface area contributed by atoms with E-state index in [0.717, 1.165) is 17.7 Å². The van der Waals surface area contributed by atoms with Gasteiger partial charge in [-0.15, -0.1) is 0 Å². The first-order valence-corrected chi connectivity index (χ1v) is 8.67. The Labute approximate surface area is 164 Å². The molecule has 0 saturated heterocycles. The third-order valence-electron chi connectivity index (χ3n) is 3.85. The Kier molecular flexibility index (Phi) is 5.48. The van der Waals surface area contributed by atoms with Gasteiger partial charge in [-0.3, -0.25) is 14.9 Å². The van der Waals surface area contributed by atoms with Crippen molar-refractivity contribution in [2.75, 3.05) is 0 Å². The van der Waals surface area contributed by atoms with Crippen molar-refractivity contribution in [3.63, 3.8) is 0 Å². The summed E-state index contributed by atoms with van der Waals surface area (Å²) in [5.41, 5.74) is 1.06. The van der Waals surface area contributed by atoms with Crippen LogP contribution in [0.5, 0.6) is 11.5 Å². The number of hydrogen-bond donors (Lipinski definition) is 0. The number of ether oxygens (including phenoxy) is 1. The summed E-state index contributed by atoms with van der Waals surface area (Å²) in [7, 11) is 0. The number of benzene rings is 2. The van der Waals surface area contributed by atoms with Gasteiger partial charge in [0.25, 0.3) is 11.2 Å². The topological polar surface area (TPSA) is 74.4 Å². The van der Waals surface area contributed by atoms with E-state index in [2.05, 4.69) is 0 Å². The number of pyridine rings is 1. The van der Waals surface area contributed by atoms with Gasteiger partial charge in [-0.05, 0) is 18.6 Å². The van der Waals surface area contributed by atoms with E-state index in [4.69, 9.17) is 27.9 Å². The summed E-state index contributed by atoms with van der Waals surface area (Å²) in [5.74, 6) is 0.439. The first kappa shape index (κ1) is 18.9.